The molecular formula is C12H17NOS. The zero-order chi connectivity index (χ0) is 11.3. The highest BCUT2D eigenvalue weighted by Crippen LogP contribution is 2.18. The third kappa shape index (κ3) is 3.96. The first kappa shape index (κ1) is 12.1. The Morgan fingerprint density at radius 3 is 2.47 bits per heavy atom. The van der Waals surface area contributed by atoms with Crippen LogP contribution in [0.25, 0.3) is 0 Å². The molecular weight excluding hydrogens is 206 g/mol. The highest BCUT2D eigenvalue weighted by atomic mass is 32.2. The lowest BCUT2D eigenvalue weighted by atomic mass is 10.2. The number of thioether (sulfide) groups is 1. The molecule has 1 rings (SSSR count). The molecule has 1 amide bonds. The third-order valence-electron chi connectivity index (χ3n) is 2.13. The first-order chi connectivity index (χ1) is 7.11. The van der Waals surface area contributed by atoms with Gasteiger partial charge < -0.3 is 4.90 Å². The van der Waals surface area contributed by atoms with E-state index >= 15 is 0 Å². The third-order valence-corrected chi connectivity index (χ3v) is 3.33. The minimum atomic E-state index is 0.0280. The largest absolute Gasteiger partial charge is 0.348 e. The highest BCUT2D eigenvalue weighted by molar-refractivity contribution is 7.99. The Balaban J connectivity index is 2.41. The van der Waals surface area contributed by atoms with Crippen molar-refractivity contribution in [1.29, 1.82) is 0 Å². The number of carbonyl (C=O) groups excluding carboxylic acids is 1. The molecule has 0 aliphatic heterocycles. The standard InChI is InChI=1S/C12H17NOS/c1-10(12(14)13(2)3)15-9-11-7-5-4-6-8-11/h4-8,10H,9H2,1-3H3/t10-/m1/s1. The lowest BCUT2D eigenvalue weighted by Gasteiger charge is -2.16. The summed E-state index contributed by atoms with van der Waals surface area (Å²) in [5.41, 5.74) is 1.26. The van der Waals surface area contributed by atoms with Gasteiger partial charge in [0.25, 0.3) is 0 Å². The molecule has 0 bridgehead atoms. The molecule has 0 saturated carbocycles. The van der Waals surface area contributed by atoms with Crippen LogP contribution in [-0.2, 0) is 10.5 Å². The summed E-state index contributed by atoms with van der Waals surface area (Å²) >= 11 is 1.67. The lowest BCUT2D eigenvalue weighted by Crippen LogP contribution is -2.29. The molecule has 82 valence electrons. The van der Waals surface area contributed by atoms with Crippen molar-refractivity contribution in [3.8, 4) is 0 Å². The van der Waals surface area contributed by atoms with Crippen LogP contribution >= 0.6 is 11.8 Å². The van der Waals surface area contributed by atoms with Gasteiger partial charge in [-0.2, -0.15) is 0 Å². The first-order valence-corrected chi connectivity index (χ1v) is 6.03. The monoisotopic (exact) mass is 223 g/mol. The minimum absolute atomic E-state index is 0.0280. The Hall–Kier alpha value is -0.960. The SMILES string of the molecule is C[C@@H](SCc1ccccc1)C(=O)N(C)C. The predicted molar refractivity (Wildman–Crippen MR) is 65.9 cm³/mol. The molecule has 1 atom stereocenters. The van der Waals surface area contributed by atoms with E-state index in [0.29, 0.717) is 0 Å². The van der Waals surface area contributed by atoms with E-state index in [9.17, 15) is 4.79 Å². The van der Waals surface area contributed by atoms with Crippen molar-refractivity contribution >= 4 is 17.7 Å². The normalized spacial score (nSPS) is 12.2. The van der Waals surface area contributed by atoms with Crippen molar-refractivity contribution in [2.24, 2.45) is 0 Å². The summed E-state index contributed by atoms with van der Waals surface area (Å²) in [4.78, 5) is 13.2. The molecule has 1 aromatic carbocycles. The maximum Gasteiger partial charge on any atom is 0.234 e. The van der Waals surface area contributed by atoms with E-state index in [2.05, 4.69) is 12.1 Å². The molecule has 0 aliphatic rings. The van der Waals surface area contributed by atoms with E-state index in [0.717, 1.165) is 5.75 Å². The van der Waals surface area contributed by atoms with E-state index < -0.39 is 0 Å². The summed E-state index contributed by atoms with van der Waals surface area (Å²) in [6.45, 7) is 1.95. The molecule has 0 unspecified atom stereocenters. The Kier molecular flexibility index (Phi) is 4.69. The number of benzene rings is 1. The van der Waals surface area contributed by atoms with Crippen LogP contribution in [0.4, 0.5) is 0 Å². The topological polar surface area (TPSA) is 20.3 Å². The zero-order valence-electron chi connectivity index (χ0n) is 9.43. The number of rotatable bonds is 4. The number of hydrogen-bond acceptors (Lipinski definition) is 2. The van der Waals surface area contributed by atoms with E-state index in [1.807, 2.05) is 25.1 Å². The fraction of sp³-hybridized carbons (Fsp3) is 0.417. The molecule has 1 aromatic rings. The van der Waals surface area contributed by atoms with Crippen molar-refractivity contribution in [2.45, 2.75) is 17.9 Å². The molecule has 0 spiro atoms. The van der Waals surface area contributed by atoms with Crippen molar-refractivity contribution < 1.29 is 4.79 Å². The molecule has 0 fully saturated rings. The van der Waals surface area contributed by atoms with Gasteiger partial charge in [-0.3, -0.25) is 4.79 Å². The van der Waals surface area contributed by atoms with Gasteiger partial charge in [-0.1, -0.05) is 30.3 Å². The van der Waals surface area contributed by atoms with Crippen LogP contribution in [0.15, 0.2) is 30.3 Å². The van der Waals surface area contributed by atoms with E-state index in [-0.39, 0.29) is 11.2 Å². The molecule has 0 saturated heterocycles. The molecule has 15 heavy (non-hydrogen) atoms. The van der Waals surface area contributed by atoms with Crippen LogP contribution in [-0.4, -0.2) is 30.2 Å². The van der Waals surface area contributed by atoms with Crippen molar-refractivity contribution in [3.05, 3.63) is 35.9 Å². The fourth-order valence-corrected chi connectivity index (χ4v) is 2.22. The number of hydrogen-bond donors (Lipinski definition) is 0. The van der Waals surface area contributed by atoms with Gasteiger partial charge in [0.15, 0.2) is 0 Å². The molecule has 0 heterocycles. The molecule has 0 N–H and O–H groups in total. The summed E-state index contributed by atoms with van der Waals surface area (Å²) in [6.07, 6.45) is 0. The average molecular weight is 223 g/mol. The van der Waals surface area contributed by atoms with Gasteiger partial charge in [0, 0.05) is 19.8 Å². The lowest BCUT2D eigenvalue weighted by molar-refractivity contribution is -0.127. The van der Waals surface area contributed by atoms with Crippen molar-refractivity contribution in [1.82, 2.24) is 4.90 Å². The molecule has 2 nitrogen and oxygen atoms in total. The van der Waals surface area contributed by atoms with Crippen LogP contribution in [0.2, 0.25) is 0 Å². The zero-order valence-corrected chi connectivity index (χ0v) is 10.3. The van der Waals surface area contributed by atoms with Gasteiger partial charge >= 0.3 is 0 Å². The number of nitrogens with zero attached hydrogens (tertiary/aromatic N) is 1. The quantitative estimate of drug-likeness (QED) is 0.781. The van der Waals surface area contributed by atoms with Gasteiger partial charge in [-0.15, -0.1) is 11.8 Å². The predicted octanol–water partition coefficient (Wildman–Crippen LogP) is 2.40. The van der Waals surface area contributed by atoms with E-state index in [1.54, 1.807) is 30.8 Å². The summed E-state index contributed by atoms with van der Waals surface area (Å²) in [6, 6.07) is 10.2. The second-order valence-electron chi connectivity index (χ2n) is 3.67. The Labute approximate surface area is 95.7 Å². The molecule has 0 radical (unpaired) electrons. The second kappa shape index (κ2) is 5.81. The smallest absolute Gasteiger partial charge is 0.234 e. The average Bonchev–Trinajstić information content (AvgIpc) is 2.26. The van der Waals surface area contributed by atoms with Crippen LogP contribution in [0, 0.1) is 0 Å². The second-order valence-corrected chi connectivity index (χ2v) is 5.00. The summed E-state index contributed by atoms with van der Waals surface area (Å²) in [5.74, 6) is 1.07. The Morgan fingerprint density at radius 1 is 1.33 bits per heavy atom. The van der Waals surface area contributed by atoms with E-state index in [1.165, 1.54) is 5.56 Å². The van der Waals surface area contributed by atoms with Gasteiger partial charge in [-0.05, 0) is 12.5 Å². The Morgan fingerprint density at radius 2 is 1.93 bits per heavy atom. The molecule has 0 aliphatic carbocycles. The van der Waals surface area contributed by atoms with Crippen LogP contribution in [0.1, 0.15) is 12.5 Å². The molecule has 3 heteroatoms. The fourth-order valence-electron chi connectivity index (χ4n) is 1.23. The summed E-state index contributed by atoms with van der Waals surface area (Å²) in [7, 11) is 3.59. The maximum atomic E-state index is 11.6. The van der Waals surface area contributed by atoms with Crippen LogP contribution in [0.5, 0.6) is 0 Å². The van der Waals surface area contributed by atoms with Gasteiger partial charge in [0.2, 0.25) is 5.91 Å². The minimum Gasteiger partial charge on any atom is -0.348 e. The summed E-state index contributed by atoms with van der Waals surface area (Å²) < 4.78 is 0. The number of amides is 1. The van der Waals surface area contributed by atoms with Gasteiger partial charge in [-0.25, -0.2) is 0 Å². The number of carbonyl (C=O) groups is 1. The maximum absolute atomic E-state index is 11.6. The van der Waals surface area contributed by atoms with Gasteiger partial charge in [0.05, 0.1) is 5.25 Å². The Bertz CT molecular complexity index is 311. The van der Waals surface area contributed by atoms with Crippen molar-refractivity contribution in [2.75, 3.05) is 14.1 Å². The van der Waals surface area contributed by atoms with Crippen LogP contribution in [0.3, 0.4) is 0 Å². The molecule has 0 aromatic heterocycles. The highest BCUT2D eigenvalue weighted by Gasteiger charge is 2.14. The van der Waals surface area contributed by atoms with Crippen LogP contribution < -0.4 is 0 Å². The first-order valence-electron chi connectivity index (χ1n) is 4.98. The van der Waals surface area contributed by atoms with Crippen molar-refractivity contribution in [3.63, 3.8) is 0 Å². The van der Waals surface area contributed by atoms with Gasteiger partial charge in [0.1, 0.15) is 0 Å². The summed E-state index contributed by atoms with van der Waals surface area (Å²) in [5, 5.41) is 0.0280. The van der Waals surface area contributed by atoms with E-state index in [4.69, 9.17) is 0 Å².